The summed E-state index contributed by atoms with van der Waals surface area (Å²) in [6.07, 6.45) is 0. The molecule has 1 fully saturated rings. The molecule has 3 amide bonds. The average Bonchev–Trinajstić information content (AvgIpc) is 2.92. The molecule has 1 N–H and O–H groups in total. The fraction of sp³-hybridized carbons (Fsp3) is 0.211. The van der Waals surface area contributed by atoms with Crippen LogP contribution in [0.1, 0.15) is 22.8 Å². The van der Waals surface area contributed by atoms with Crippen molar-refractivity contribution >= 4 is 23.4 Å². The third kappa shape index (κ3) is 3.29. The first-order chi connectivity index (χ1) is 13.3. The highest BCUT2D eigenvalue weighted by molar-refractivity contribution is 6.11. The first kappa shape index (κ1) is 19.0. The quantitative estimate of drug-likeness (QED) is 0.354. The highest BCUT2D eigenvalue weighted by atomic mass is 16.6. The highest BCUT2D eigenvalue weighted by Gasteiger charge is 2.49. The van der Waals surface area contributed by atoms with Gasteiger partial charge in [0.15, 0.2) is 5.78 Å². The van der Waals surface area contributed by atoms with Gasteiger partial charge in [0, 0.05) is 17.7 Å². The standard InChI is InChI=1S/C19H17N3O6/c1-19(13-6-8-14(9-7-13)22(26)27)17(24)21(18(25)20-19)11-16(23)12-4-3-5-15(10-12)28-2/h3-10H,11H2,1-2H3,(H,20,25). The van der Waals surface area contributed by atoms with Crippen molar-refractivity contribution in [1.29, 1.82) is 0 Å². The van der Waals surface area contributed by atoms with E-state index in [2.05, 4.69) is 5.32 Å². The smallest absolute Gasteiger partial charge is 0.325 e. The number of hydrogen-bond donors (Lipinski definition) is 1. The Hall–Kier alpha value is -3.75. The Labute approximate surface area is 160 Å². The second-order valence-electron chi connectivity index (χ2n) is 6.41. The maximum atomic E-state index is 12.9. The molecule has 2 aromatic carbocycles. The minimum absolute atomic E-state index is 0.130. The number of nitrogens with one attached hydrogen (secondary N) is 1. The largest absolute Gasteiger partial charge is 0.497 e. The number of methoxy groups -OCH3 is 1. The summed E-state index contributed by atoms with van der Waals surface area (Å²) in [4.78, 5) is 48.8. The van der Waals surface area contributed by atoms with E-state index in [1.54, 1.807) is 18.2 Å². The van der Waals surface area contributed by atoms with Crippen LogP contribution in [0.5, 0.6) is 5.75 Å². The first-order valence-electron chi connectivity index (χ1n) is 8.32. The summed E-state index contributed by atoms with van der Waals surface area (Å²) in [5, 5.41) is 13.4. The molecule has 0 aliphatic carbocycles. The molecule has 9 heteroatoms. The van der Waals surface area contributed by atoms with Crippen molar-refractivity contribution in [3.05, 3.63) is 69.8 Å². The van der Waals surface area contributed by atoms with Gasteiger partial charge in [-0.1, -0.05) is 12.1 Å². The fourth-order valence-corrected chi connectivity index (χ4v) is 2.98. The maximum Gasteiger partial charge on any atom is 0.325 e. The minimum atomic E-state index is -1.42. The molecule has 0 saturated carbocycles. The SMILES string of the molecule is COc1cccc(C(=O)CN2C(=O)NC(C)(c3ccc([N+](=O)[O-])cc3)C2=O)c1. The van der Waals surface area contributed by atoms with E-state index < -0.39 is 34.7 Å². The van der Waals surface area contributed by atoms with Crippen LogP contribution < -0.4 is 10.1 Å². The third-order valence-electron chi connectivity index (χ3n) is 4.62. The number of Topliss-reactive ketones (excluding diaryl/α,β-unsaturated/α-hetero) is 1. The number of ketones is 1. The van der Waals surface area contributed by atoms with Gasteiger partial charge in [-0.2, -0.15) is 0 Å². The van der Waals surface area contributed by atoms with Gasteiger partial charge in [0.2, 0.25) is 0 Å². The lowest BCUT2D eigenvalue weighted by Crippen LogP contribution is -2.41. The first-order valence-corrected chi connectivity index (χ1v) is 8.32. The molecule has 144 valence electrons. The molecule has 1 aliphatic heterocycles. The van der Waals surface area contributed by atoms with Crippen LogP contribution in [0.4, 0.5) is 10.5 Å². The van der Waals surface area contributed by atoms with Gasteiger partial charge < -0.3 is 10.1 Å². The Bertz CT molecular complexity index is 972. The van der Waals surface area contributed by atoms with Crippen LogP contribution in [0.2, 0.25) is 0 Å². The van der Waals surface area contributed by atoms with Crippen molar-refractivity contribution in [3.63, 3.8) is 0 Å². The van der Waals surface area contributed by atoms with Gasteiger partial charge in [0.05, 0.1) is 18.6 Å². The molecular weight excluding hydrogens is 366 g/mol. The highest BCUT2D eigenvalue weighted by Crippen LogP contribution is 2.30. The van der Waals surface area contributed by atoms with Crippen molar-refractivity contribution < 1.29 is 24.0 Å². The molecule has 1 saturated heterocycles. The molecule has 3 rings (SSSR count). The van der Waals surface area contributed by atoms with Crippen molar-refractivity contribution in [2.24, 2.45) is 0 Å². The van der Waals surface area contributed by atoms with E-state index in [1.807, 2.05) is 0 Å². The Morgan fingerprint density at radius 2 is 1.89 bits per heavy atom. The number of urea groups is 1. The molecule has 1 unspecified atom stereocenters. The van der Waals surface area contributed by atoms with E-state index in [1.165, 1.54) is 44.4 Å². The molecule has 1 atom stereocenters. The van der Waals surface area contributed by atoms with Gasteiger partial charge in [-0.3, -0.25) is 24.6 Å². The van der Waals surface area contributed by atoms with Crippen molar-refractivity contribution in [1.82, 2.24) is 10.2 Å². The number of benzene rings is 2. The zero-order valence-electron chi connectivity index (χ0n) is 15.2. The lowest BCUT2D eigenvalue weighted by molar-refractivity contribution is -0.384. The number of carbonyl (C=O) groups excluding carboxylic acids is 3. The number of nitrogens with zero attached hydrogens (tertiary/aromatic N) is 2. The van der Waals surface area contributed by atoms with E-state index in [0.29, 0.717) is 16.9 Å². The summed E-state index contributed by atoms with van der Waals surface area (Å²) in [6, 6.07) is 11.0. The van der Waals surface area contributed by atoms with Gasteiger partial charge in [0.1, 0.15) is 11.3 Å². The molecule has 1 aliphatic rings. The zero-order chi connectivity index (χ0) is 20.5. The minimum Gasteiger partial charge on any atom is -0.497 e. The average molecular weight is 383 g/mol. The lowest BCUT2D eigenvalue weighted by atomic mass is 9.92. The molecule has 1 heterocycles. The summed E-state index contributed by atoms with van der Waals surface area (Å²) >= 11 is 0. The van der Waals surface area contributed by atoms with Crippen LogP contribution in [0.25, 0.3) is 0 Å². The van der Waals surface area contributed by atoms with Gasteiger partial charge in [-0.25, -0.2) is 4.79 Å². The van der Waals surface area contributed by atoms with Gasteiger partial charge in [-0.05, 0) is 36.8 Å². The van der Waals surface area contributed by atoms with Crippen LogP contribution in [0, 0.1) is 10.1 Å². The number of amides is 3. The predicted molar refractivity (Wildman–Crippen MR) is 98.0 cm³/mol. The molecule has 28 heavy (non-hydrogen) atoms. The van der Waals surface area contributed by atoms with E-state index in [0.717, 1.165) is 4.90 Å². The molecule has 0 bridgehead atoms. The molecule has 0 aromatic heterocycles. The fourth-order valence-electron chi connectivity index (χ4n) is 2.98. The molecule has 9 nitrogen and oxygen atoms in total. The molecule has 0 spiro atoms. The van der Waals surface area contributed by atoms with Gasteiger partial charge in [0.25, 0.3) is 11.6 Å². The molecule has 2 aromatic rings. The number of nitro groups is 1. The number of carbonyl (C=O) groups is 3. The van der Waals surface area contributed by atoms with Crippen molar-refractivity contribution in [3.8, 4) is 5.75 Å². The van der Waals surface area contributed by atoms with Gasteiger partial charge in [-0.15, -0.1) is 0 Å². The van der Waals surface area contributed by atoms with Crippen LogP contribution in [-0.2, 0) is 10.3 Å². The Balaban J connectivity index is 1.82. The lowest BCUT2D eigenvalue weighted by Gasteiger charge is -2.22. The van der Waals surface area contributed by atoms with E-state index >= 15 is 0 Å². The van der Waals surface area contributed by atoms with E-state index in [9.17, 15) is 24.5 Å². The number of rotatable bonds is 6. The number of non-ortho nitro benzene ring substituents is 1. The zero-order valence-corrected chi connectivity index (χ0v) is 15.2. The number of imide groups is 1. The van der Waals surface area contributed by atoms with E-state index in [-0.39, 0.29) is 5.69 Å². The van der Waals surface area contributed by atoms with Crippen molar-refractivity contribution in [2.45, 2.75) is 12.5 Å². The third-order valence-corrected chi connectivity index (χ3v) is 4.62. The Morgan fingerprint density at radius 1 is 1.21 bits per heavy atom. The predicted octanol–water partition coefficient (Wildman–Crippen LogP) is 2.25. The second-order valence-corrected chi connectivity index (χ2v) is 6.41. The molecular formula is C19H17N3O6. The summed E-state index contributed by atoms with van der Waals surface area (Å²) < 4.78 is 5.07. The van der Waals surface area contributed by atoms with Gasteiger partial charge >= 0.3 is 6.03 Å². The number of ether oxygens (including phenoxy) is 1. The summed E-state index contributed by atoms with van der Waals surface area (Å²) in [6.45, 7) is 1.06. The second kappa shape index (κ2) is 7.10. The monoisotopic (exact) mass is 383 g/mol. The number of hydrogen-bond acceptors (Lipinski definition) is 6. The van der Waals surface area contributed by atoms with Crippen LogP contribution in [0.15, 0.2) is 48.5 Å². The Morgan fingerprint density at radius 3 is 2.50 bits per heavy atom. The molecule has 0 radical (unpaired) electrons. The Kier molecular flexibility index (Phi) is 4.83. The summed E-state index contributed by atoms with van der Waals surface area (Å²) in [5.74, 6) is -0.545. The summed E-state index contributed by atoms with van der Waals surface area (Å²) in [5.41, 5.74) is -0.855. The van der Waals surface area contributed by atoms with Crippen molar-refractivity contribution in [2.75, 3.05) is 13.7 Å². The summed E-state index contributed by atoms with van der Waals surface area (Å²) in [7, 11) is 1.47. The van der Waals surface area contributed by atoms with Crippen LogP contribution in [0.3, 0.4) is 0 Å². The van der Waals surface area contributed by atoms with Crippen LogP contribution in [-0.4, -0.2) is 41.2 Å². The topological polar surface area (TPSA) is 119 Å². The van der Waals surface area contributed by atoms with E-state index in [4.69, 9.17) is 4.74 Å². The number of nitro benzene ring substituents is 1. The normalized spacial score (nSPS) is 18.7. The van der Waals surface area contributed by atoms with Crippen LogP contribution >= 0.6 is 0 Å². The maximum absolute atomic E-state index is 12.9.